The van der Waals surface area contributed by atoms with Crippen molar-refractivity contribution in [2.24, 2.45) is 5.92 Å². The average molecular weight is 478 g/mol. The lowest BCUT2D eigenvalue weighted by Crippen LogP contribution is -2.63. The third-order valence-corrected chi connectivity index (χ3v) is 5.48. The minimum absolute atomic E-state index is 0.164. The first-order valence-corrected chi connectivity index (χ1v) is 11.2. The molecule has 2 heterocycles. The van der Waals surface area contributed by atoms with Crippen LogP contribution in [0.1, 0.15) is 13.3 Å². The van der Waals surface area contributed by atoms with E-state index in [4.69, 9.17) is 14.2 Å². The maximum absolute atomic E-state index is 11.3. The second-order valence-corrected chi connectivity index (χ2v) is 9.06. The largest absolute Gasteiger partial charge is 0.735 e. The summed E-state index contributed by atoms with van der Waals surface area (Å²) in [5.74, 6) is -2.39. The van der Waals surface area contributed by atoms with E-state index in [0.717, 1.165) is 0 Å². The number of hydrogen-bond acceptors (Lipinski definition) is 14. The molecule has 17 heteroatoms. The van der Waals surface area contributed by atoms with Crippen LogP contribution in [-0.2, 0) is 43.9 Å². The molecule has 2 rings (SSSR count). The van der Waals surface area contributed by atoms with Crippen molar-refractivity contribution in [3.8, 4) is 0 Å². The third-order valence-electron chi connectivity index (χ3n) is 4.50. The number of aliphatic carboxylic acids is 1. The smallest absolute Gasteiger partial charge is 0.217 e. The van der Waals surface area contributed by atoms with Gasteiger partial charge in [0.25, 0.3) is 0 Å². The van der Waals surface area contributed by atoms with Crippen LogP contribution < -0.4 is 9.83 Å². The first kappa shape index (κ1) is 25.3. The van der Waals surface area contributed by atoms with Crippen molar-refractivity contribution in [1.29, 1.82) is 0 Å². The van der Waals surface area contributed by atoms with Crippen molar-refractivity contribution in [3.05, 3.63) is 0 Å². The van der Waals surface area contributed by atoms with Gasteiger partial charge < -0.3 is 43.4 Å². The summed E-state index contributed by atoms with van der Waals surface area (Å²) >= 11 is 0. The second-order valence-electron chi connectivity index (χ2n) is 6.86. The Labute approximate surface area is 171 Å². The van der Waals surface area contributed by atoms with E-state index < -0.39 is 88.5 Å². The molecule has 4 unspecified atom stereocenters. The summed E-state index contributed by atoms with van der Waals surface area (Å²) in [6.07, 6.45) is -10.3. The van der Waals surface area contributed by atoms with E-state index in [9.17, 15) is 46.1 Å². The highest BCUT2D eigenvalue weighted by Gasteiger charge is 2.46. The number of carboxylic acids is 1. The lowest BCUT2D eigenvalue weighted by molar-refractivity contribution is -0.338. The maximum Gasteiger partial charge on any atom is 0.217 e. The van der Waals surface area contributed by atoms with Crippen LogP contribution in [-0.4, -0.2) is 98.2 Å². The monoisotopic (exact) mass is 478 g/mol. The molecule has 0 radical (unpaired) electrons. The minimum Gasteiger partial charge on any atom is -0.735 e. The summed E-state index contributed by atoms with van der Waals surface area (Å²) < 4.78 is 86.4. The van der Waals surface area contributed by atoms with Gasteiger partial charge in [-0.1, -0.05) is 6.92 Å². The Morgan fingerprint density at radius 2 is 1.87 bits per heavy atom. The van der Waals surface area contributed by atoms with Gasteiger partial charge in [-0.05, 0) is 0 Å². The average Bonchev–Trinajstić information content (AvgIpc) is 2.58. The highest BCUT2D eigenvalue weighted by atomic mass is 32.3. The molecule has 0 aromatic carbocycles. The van der Waals surface area contributed by atoms with Crippen molar-refractivity contribution < 1.29 is 64.4 Å². The Morgan fingerprint density at radius 1 is 1.23 bits per heavy atom. The molecule has 0 bridgehead atoms. The number of hydrogen-bond donors (Lipinski definition) is 3. The molecule has 8 atom stereocenters. The molecule has 3 N–H and O–H groups in total. The van der Waals surface area contributed by atoms with Gasteiger partial charge in [-0.15, -0.1) is 0 Å². The minimum atomic E-state index is -5.16. The van der Waals surface area contributed by atoms with Crippen molar-refractivity contribution in [2.45, 2.75) is 56.2 Å². The Hall–Kier alpha value is -0.990. The van der Waals surface area contributed by atoms with E-state index in [1.165, 1.54) is 11.6 Å². The molecule has 0 spiro atoms. The van der Waals surface area contributed by atoms with E-state index >= 15 is 0 Å². The van der Waals surface area contributed by atoms with Crippen LogP contribution in [0.15, 0.2) is 0 Å². The quantitative estimate of drug-likeness (QED) is 0.218. The topological polar surface area (TPSA) is 244 Å². The van der Waals surface area contributed by atoms with Gasteiger partial charge in [0, 0.05) is 12.3 Å². The van der Waals surface area contributed by atoms with Gasteiger partial charge in [-0.3, -0.25) is 4.18 Å². The van der Waals surface area contributed by atoms with E-state index in [-0.39, 0.29) is 6.61 Å². The van der Waals surface area contributed by atoms with Crippen molar-refractivity contribution >= 4 is 26.7 Å². The van der Waals surface area contributed by atoms with Gasteiger partial charge in [-0.2, -0.15) is 0 Å². The van der Waals surface area contributed by atoms with Gasteiger partial charge in [0.15, 0.2) is 16.6 Å². The predicted molar refractivity (Wildman–Crippen MR) is 86.3 cm³/mol. The fourth-order valence-electron chi connectivity index (χ4n) is 3.07. The molecule has 176 valence electrons. The molecule has 2 fully saturated rings. The van der Waals surface area contributed by atoms with Crippen LogP contribution in [0, 0.1) is 5.92 Å². The molecule has 15 nitrogen and oxygen atoms in total. The summed E-state index contributed by atoms with van der Waals surface area (Å²) in [5.41, 5.74) is 0. The summed E-state index contributed by atoms with van der Waals surface area (Å²) in [5, 5.41) is 31.8. The first-order chi connectivity index (χ1) is 13.7. The van der Waals surface area contributed by atoms with Crippen molar-refractivity contribution in [3.63, 3.8) is 0 Å². The zero-order valence-electron chi connectivity index (χ0n) is 15.4. The third kappa shape index (κ3) is 7.02. The number of nitrogens with one attached hydrogen (secondary N) is 1. The molecular formula is C13H20NO14S2-3. The zero-order valence-corrected chi connectivity index (χ0v) is 17.0. The molecule has 30 heavy (non-hydrogen) atoms. The highest BCUT2D eigenvalue weighted by Crippen LogP contribution is 2.29. The van der Waals surface area contributed by atoms with Gasteiger partial charge >= 0.3 is 0 Å². The SMILES string of the molecule is CC1COC(C(=O)[O-])[C@H](O[C@@H]2OC(COS(=O)(=O)[O-])C[C@@H](O)C2NS(=O)(=O)[O-])[C@H]1O. The summed E-state index contributed by atoms with van der Waals surface area (Å²) in [6, 6.07) is -1.76. The number of carbonyl (C=O) groups excluding carboxylic acids is 1. The number of aliphatic hydroxyl groups excluding tert-OH is 2. The van der Waals surface area contributed by atoms with Crippen LogP contribution >= 0.6 is 0 Å². The van der Waals surface area contributed by atoms with Crippen LogP contribution in [0.5, 0.6) is 0 Å². The summed E-state index contributed by atoms with van der Waals surface area (Å²) in [6.45, 7) is 0.447. The number of aliphatic hydroxyl groups is 2. The summed E-state index contributed by atoms with van der Waals surface area (Å²) in [7, 11) is -10.3. The van der Waals surface area contributed by atoms with Crippen molar-refractivity contribution in [1.82, 2.24) is 4.72 Å². The van der Waals surface area contributed by atoms with E-state index in [2.05, 4.69) is 4.18 Å². The fourth-order valence-corrected chi connectivity index (χ4v) is 3.99. The van der Waals surface area contributed by atoms with Crippen molar-refractivity contribution in [2.75, 3.05) is 13.2 Å². The molecule has 0 saturated carbocycles. The molecule has 0 amide bonds. The second kappa shape index (κ2) is 9.65. The Balaban J connectivity index is 2.26. The molecule has 2 saturated heterocycles. The molecule has 0 aromatic heterocycles. The number of carbonyl (C=O) groups is 1. The normalized spacial score (nSPS) is 38.3. The highest BCUT2D eigenvalue weighted by molar-refractivity contribution is 7.83. The Morgan fingerprint density at radius 3 is 2.40 bits per heavy atom. The van der Waals surface area contributed by atoms with Gasteiger partial charge in [0.05, 0.1) is 43.5 Å². The number of rotatable bonds is 8. The molecular weight excluding hydrogens is 458 g/mol. The maximum atomic E-state index is 11.3. The zero-order chi connectivity index (χ0) is 22.9. The van der Waals surface area contributed by atoms with Gasteiger partial charge in [-0.25, -0.2) is 21.6 Å². The predicted octanol–water partition coefficient (Wildman–Crippen LogP) is -5.11. The first-order valence-electron chi connectivity index (χ1n) is 8.51. The van der Waals surface area contributed by atoms with E-state index in [1.807, 2.05) is 0 Å². The molecule has 0 aromatic rings. The number of ether oxygens (including phenoxy) is 3. The lowest BCUT2D eigenvalue weighted by Gasteiger charge is -2.45. The summed E-state index contributed by atoms with van der Waals surface area (Å²) in [4.78, 5) is 11.3. The fraction of sp³-hybridized carbons (Fsp3) is 0.923. The lowest BCUT2D eigenvalue weighted by atomic mass is 9.93. The standard InChI is InChI=1S/C13H23NO14S2/c1-5-3-25-11(12(17)18)10(9(5)16)28-13-8(14-29(19,20)21)7(15)2-6(27-13)4-26-30(22,23)24/h5-11,13-16H,2-4H2,1H3,(H,17,18)(H,19,20,21)(H,22,23,24)/p-3/t5?,6?,7-,8?,9+,10-,11?,13+/m1/s1. The van der Waals surface area contributed by atoms with E-state index in [1.54, 1.807) is 0 Å². The molecule has 2 aliphatic heterocycles. The molecule has 0 aliphatic carbocycles. The number of carboxylic acid groups (broad SMARTS) is 1. The van der Waals surface area contributed by atoms with Gasteiger partial charge in [0.2, 0.25) is 10.4 Å². The van der Waals surface area contributed by atoms with Crippen LogP contribution in [0.4, 0.5) is 0 Å². The van der Waals surface area contributed by atoms with Crippen LogP contribution in [0.25, 0.3) is 0 Å². The Bertz CT molecular complexity index is 816. The Kier molecular flexibility index (Phi) is 8.13. The molecule has 2 aliphatic rings. The van der Waals surface area contributed by atoms with Crippen LogP contribution in [0.3, 0.4) is 0 Å². The van der Waals surface area contributed by atoms with Gasteiger partial charge in [0.1, 0.15) is 12.2 Å². The van der Waals surface area contributed by atoms with E-state index in [0.29, 0.717) is 0 Å². The van der Waals surface area contributed by atoms with Crippen LogP contribution in [0.2, 0.25) is 0 Å².